The first-order valence-electron chi connectivity index (χ1n) is 9.66. The molecule has 1 aliphatic heterocycles. The van der Waals surface area contributed by atoms with Crippen LogP contribution in [-0.2, 0) is 20.7 Å². The van der Waals surface area contributed by atoms with Crippen molar-refractivity contribution in [3.05, 3.63) is 58.4 Å². The van der Waals surface area contributed by atoms with Gasteiger partial charge < -0.3 is 9.30 Å². The van der Waals surface area contributed by atoms with E-state index in [1.807, 2.05) is 19.9 Å². The molecule has 0 bridgehead atoms. The Kier molecular flexibility index (Phi) is 4.82. The fourth-order valence-electron chi connectivity index (χ4n) is 3.91. The van der Waals surface area contributed by atoms with Crippen molar-refractivity contribution in [3.8, 4) is 0 Å². The highest BCUT2D eigenvalue weighted by molar-refractivity contribution is 6.11. The molecule has 150 valence electrons. The minimum Gasteiger partial charge on any atom is -0.456 e. The smallest absolute Gasteiger partial charge is 0.326 e. The van der Waals surface area contributed by atoms with E-state index >= 15 is 0 Å². The number of hydrogen-bond acceptors (Lipinski definition) is 5. The number of hydrogen-bond donors (Lipinski definition) is 0. The van der Waals surface area contributed by atoms with Gasteiger partial charge in [0.2, 0.25) is 11.7 Å². The van der Waals surface area contributed by atoms with Crippen LogP contribution in [0.2, 0.25) is 0 Å². The van der Waals surface area contributed by atoms with E-state index in [0.717, 1.165) is 29.1 Å². The van der Waals surface area contributed by atoms with Gasteiger partial charge in [0.05, 0.1) is 6.42 Å². The predicted octanol–water partition coefficient (Wildman–Crippen LogP) is 2.39. The molecule has 1 fully saturated rings. The molecule has 7 heteroatoms. The number of amides is 2. The summed E-state index contributed by atoms with van der Waals surface area (Å²) in [7, 11) is 0. The maximum Gasteiger partial charge on any atom is 0.326 e. The Morgan fingerprint density at radius 1 is 1.14 bits per heavy atom. The van der Waals surface area contributed by atoms with Gasteiger partial charge in [-0.25, -0.2) is 0 Å². The molecule has 0 radical (unpaired) electrons. The van der Waals surface area contributed by atoms with Gasteiger partial charge >= 0.3 is 5.97 Å². The molecule has 0 N–H and O–H groups in total. The van der Waals surface area contributed by atoms with Crippen LogP contribution in [0.25, 0.3) is 0 Å². The lowest BCUT2D eigenvalue weighted by molar-refractivity contribution is -0.146. The molecule has 2 aliphatic rings. The van der Waals surface area contributed by atoms with Crippen LogP contribution in [0.15, 0.2) is 30.3 Å². The van der Waals surface area contributed by atoms with E-state index in [2.05, 4.69) is 4.57 Å². The van der Waals surface area contributed by atoms with E-state index in [0.29, 0.717) is 22.7 Å². The molecule has 2 heterocycles. The van der Waals surface area contributed by atoms with Gasteiger partial charge in [-0.05, 0) is 44.4 Å². The zero-order valence-electron chi connectivity index (χ0n) is 16.4. The molecule has 0 spiro atoms. The highest BCUT2D eigenvalue weighted by Gasteiger charge is 2.33. The van der Waals surface area contributed by atoms with Crippen molar-refractivity contribution >= 4 is 23.6 Å². The number of carbonyl (C=O) groups is 4. The summed E-state index contributed by atoms with van der Waals surface area (Å²) in [4.78, 5) is 50.4. The third-order valence-electron chi connectivity index (χ3n) is 5.48. The van der Waals surface area contributed by atoms with Crippen LogP contribution in [0.1, 0.15) is 56.6 Å². The number of aryl methyl sites for hydroxylation is 1. The number of ketones is 1. The second-order valence-electron chi connectivity index (χ2n) is 7.59. The van der Waals surface area contributed by atoms with Gasteiger partial charge in [0.15, 0.2) is 6.61 Å². The van der Waals surface area contributed by atoms with E-state index < -0.39 is 30.9 Å². The summed E-state index contributed by atoms with van der Waals surface area (Å²) in [6, 6.07) is 9.09. The first kappa shape index (κ1) is 19.1. The maximum atomic E-state index is 12.5. The highest BCUT2D eigenvalue weighted by Crippen LogP contribution is 2.38. The number of esters is 1. The molecule has 0 unspecified atom stereocenters. The zero-order valence-corrected chi connectivity index (χ0v) is 16.4. The second kappa shape index (κ2) is 7.31. The standard InChI is InChI=1S/C22H22N2O5/c1-13-9-18(14(2)24(13)16-7-8-16)19(25)12-29-21(27)11-23-20(26)10-15-5-3-4-6-17(15)22(23)28/h3-6,9,16H,7-8,10-12H2,1-2H3. The third-order valence-corrected chi connectivity index (χ3v) is 5.48. The average Bonchev–Trinajstić information content (AvgIpc) is 3.47. The Balaban J connectivity index is 1.38. The van der Waals surface area contributed by atoms with Crippen LogP contribution in [0.3, 0.4) is 0 Å². The molecule has 4 rings (SSSR count). The van der Waals surface area contributed by atoms with Crippen molar-refractivity contribution in [2.75, 3.05) is 13.2 Å². The van der Waals surface area contributed by atoms with Gasteiger partial charge in [0, 0.05) is 28.6 Å². The Morgan fingerprint density at radius 3 is 2.59 bits per heavy atom. The molecule has 1 aromatic heterocycles. The molecular weight excluding hydrogens is 372 g/mol. The minimum absolute atomic E-state index is 0.0568. The Hall–Kier alpha value is -3.22. The number of rotatable bonds is 6. The molecule has 2 aromatic rings. The Labute approximate surface area is 168 Å². The van der Waals surface area contributed by atoms with Gasteiger partial charge in [-0.2, -0.15) is 0 Å². The van der Waals surface area contributed by atoms with Crippen LogP contribution in [0, 0.1) is 13.8 Å². The van der Waals surface area contributed by atoms with Gasteiger partial charge in [0.1, 0.15) is 6.54 Å². The number of benzene rings is 1. The van der Waals surface area contributed by atoms with Crippen LogP contribution < -0.4 is 0 Å². The number of nitrogens with zero attached hydrogens (tertiary/aromatic N) is 2. The molecule has 2 amide bonds. The molecule has 29 heavy (non-hydrogen) atoms. The third kappa shape index (κ3) is 3.60. The number of aromatic nitrogens is 1. The first-order chi connectivity index (χ1) is 13.9. The van der Waals surface area contributed by atoms with Crippen LogP contribution in [0.5, 0.6) is 0 Å². The van der Waals surface area contributed by atoms with E-state index in [9.17, 15) is 19.2 Å². The number of ether oxygens (including phenoxy) is 1. The summed E-state index contributed by atoms with van der Waals surface area (Å²) < 4.78 is 7.23. The average molecular weight is 394 g/mol. The Bertz CT molecular complexity index is 1030. The molecule has 0 atom stereocenters. The van der Waals surface area contributed by atoms with E-state index in [1.165, 1.54) is 0 Å². The van der Waals surface area contributed by atoms with Gasteiger partial charge in [-0.3, -0.25) is 24.1 Å². The minimum atomic E-state index is -0.782. The highest BCUT2D eigenvalue weighted by atomic mass is 16.5. The lowest BCUT2D eigenvalue weighted by atomic mass is 9.98. The zero-order chi connectivity index (χ0) is 20.7. The number of fused-ring (bicyclic) bond motifs is 1. The van der Waals surface area contributed by atoms with Gasteiger partial charge in [-0.1, -0.05) is 18.2 Å². The fraction of sp³-hybridized carbons (Fsp3) is 0.364. The van der Waals surface area contributed by atoms with E-state index in [1.54, 1.807) is 24.3 Å². The SMILES string of the molecule is Cc1cc(C(=O)COC(=O)CN2C(=O)Cc3ccccc3C2=O)c(C)n1C1CC1. The lowest BCUT2D eigenvalue weighted by Crippen LogP contribution is -2.45. The van der Waals surface area contributed by atoms with Crippen molar-refractivity contribution in [3.63, 3.8) is 0 Å². The van der Waals surface area contributed by atoms with Crippen molar-refractivity contribution in [1.29, 1.82) is 0 Å². The Morgan fingerprint density at radius 2 is 1.86 bits per heavy atom. The second-order valence-corrected chi connectivity index (χ2v) is 7.59. The van der Waals surface area contributed by atoms with Gasteiger partial charge in [0.25, 0.3) is 5.91 Å². The molecule has 0 saturated heterocycles. The van der Waals surface area contributed by atoms with Crippen LogP contribution in [-0.4, -0.2) is 46.2 Å². The summed E-state index contributed by atoms with van der Waals surface area (Å²) in [5, 5.41) is 0. The summed E-state index contributed by atoms with van der Waals surface area (Å²) >= 11 is 0. The molecule has 1 aromatic carbocycles. The van der Waals surface area contributed by atoms with Crippen molar-refractivity contribution in [2.24, 2.45) is 0 Å². The molecular formula is C22H22N2O5. The summed E-state index contributed by atoms with van der Waals surface area (Å²) in [5.41, 5.74) is 3.49. The first-order valence-corrected chi connectivity index (χ1v) is 9.66. The number of carbonyl (C=O) groups excluding carboxylic acids is 4. The van der Waals surface area contributed by atoms with Crippen molar-refractivity contribution in [2.45, 2.75) is 39.2 Å². The van der Waals surface area contributed by atoms with Crippen molar-refractivity contribution < 1.29 is 23.9 Å². The quantitative estimate of drug-likeness (QED) is 0.427. The molecule has 1 aliphatic carbocycles. The summed E-state index contributed by atoms with van der Waals surface area (Å²) in [6.45, 7) is 2.93. The topological polar surface area (TPSA) is 85.7 Å². The summed E-state index contributed by atoms with van der Waals surface area (Å²) in [6.07, 6.45) is 2.28. The largest absolute Gasteiger partial charge is 0.456 e. The van der Waals surface area contributed by atoms with Crippen LogP contribution in [0.4, 0.5) is 0 Å². The van der Waals surface area contributed by atoms with Crippen molar-refractivity contribution in [1.82, 2.24) is 9.47 Å². The van der Waals surface area contributed by atoms with Crippen LogP contribution >= 0.6 is 0 Å². The number of Topliss-reactive ketones (excluding diaryl/α,β-unsaturated/α-hetero) is 1. The molecule has 7 nitrogen and oxygen atoms in total. The summed E-state index contributed by atoms with van der Waals surface area (Å²) in [5.74, 6) is -2.05. The predicted molar refractivity (Wildman–Crippen MR) is 104 cm³/mol. The maximum absolute atomic E-state index is 12.5. The number of imide groups is 1. The fourth-order valence-corrected chi connectivity index (χ4v) is 3.91. The van der Waals surface area contributed by atoms with Gasteiger partial charge in [-0.15, -0.1) is 0 Å². The lowest BCUT2D eigenvalue weighted by Gasteiger charge is -2.25. The monoisotopic (exact) mass is 394 g/mol. The van der Waals surface area contributed by atoms with E-state index in [-0.39, 0.29) is 12.2 Å². The van der Waals surface area contributed by atoms with E-state index in [4.69, 9.17) is 4.74 Å². The normalized spacial score (nSPS) is 16.0. The molecule has 1 saturated carbocycles.